The van der Waals surface area contributed by atoms with Crippen LogP contribution in [0.2, 0.25) is 0 Å². The number of nitrogens with one attached hydrogen (secondary N) is 1. The molecule has 0 saturated heterocycles. The standard InChI is InChI=1S/C51H99NO5/c1-3-5-7-9-11-13-15-17-18-19-20-22-24-29-33-37-41-45-51(56)57-46-42-38-34-30-26-25-28-32-36-40-44-50(55)52-48(47-53)49(54)43-39-35-31-27-23-21-16-14-12-10-8-6-4-2/h39,43,48-49,53-54H,3-38,40-42,44-47H2,1-2H3,(H,52,55)/b43-39+. The zero-order valence-corrected chi connectivity index (χ0v) is 38.3. The number of rotatable bonds is 47. The third-order valence-electron chi connectivity index (χ3n) is 11.8. The van der Waals surface area contributed by atoms with Crippen LogP contribution in [0.3, 0.4) is 0 Å². The lowest BCUT2D eigenvalue weighted by molar-refractivity contribution is -0.143. The van der Waals surface area contributed by atoms with Crippen LogP contribution in [-0.4, -0.2) is 47.4 Å². The molecule has 2 atom stereocenters. The molecule has 0 radical (unpaired) electrons. The largest absolute Gasteiger partial charge is 0.466 e. The topological polar surface area (TPSA) is 95.9 Å². The minimum absolute atomic E-state index is 0.0170. The molecule has 3 N–H and O–H groups in total. The monoisotopic (exact) mass is 806 g/mol. The van der Waals surface area contributed by atoms with Crippen molar-refractivity contribution in [2.24, 2.45) is 0 Å². The van der Waals surface area contributed by atoms with Gasteiger partial charge in [-0.3, -0.25) is 9.59 Å². The molecule has 0 aromatic heterocycles. The maximum absolute atomic E-state index is 12.4. The first-order valence-electron chi connectivity index (χ1n) is 25.5. The fraction of sp³-hybridized carbons (Fsp3) is 0.922. The molecule has 0 aliphatic carbocycles. The lowest BCUT2D eigenvalue weighted by Gasteiger charge is -2.20. The number of amides is 1. The molecule has 6 heteroatoms. The second-order valence-electron chi connectivity index (χ2n) is 17.5. The van der Waals surface area contributed by atoms with Gasteiger partial charge in [0.15, 0.2) is 0 Å². The number of unbranched alkanes of at least 4 members (excludes halogenated alkanes) is 36. The van der Waals surface area contributed by atoms with Crippen molar-refractivity contribution >= 4 is 11.9 Å². The highest BCUT2D eigenvalue weighted by Gasteiger charge is 2.18. The molecule has 0 fully saturated rings. The van der Waals surface area contributed by atoms with E-state index in [1.54, 1.807) is 6.08 Å². The van der Waals surface area contributed by atoms with Gasteiger partial charge in [-0.1, -0.05) is 244 Å². The van der Waals surface area contributed by atoms with Gasteiger partial charge in [0.1, 0.15) is 0 Å². The van der Waals surface area contributed by atoms with Crippen LogP contribution in [0.1, 0.15) is 277 Å². The quantitative estimate of drug-likeness (QED) is 0.0323. The second-order valence-corrected chi connectivity index (χ2v) is 17.5. The number of ether oxygens (including phenoxy) is 1. The summed E-state index contributed by atoms with van der Waals surface area (Å²) in [5.74, 6) is -0.107. The molecule has 0 aliphatic heterocycles. The molecule has 0 bridgehead atoms. The molecule has 338 valence electrons. The number of carbonyl (C=O) groups is 2. The number of aliphatic hydroxyl groups is 2. The van der Waals surface area contributed by atoms with E-state index >= 15 is 0 Å². The van der Waals surface area contributed by atoms with Crippen molar-refractivity contribution in [2.75, 3.05) is 13.2 Å². The van der Waals surface area contributed by atoms with Crippen LogP contribution in [0.4, 0.5) is 0 Å². The normalized spacial score (nSPS) is 12.7. The average Bonchev–Trinajstić information content (AvgIpc) is 3.21. The van der Waals surface area contributed by atoms with Crippen molar-refractivity contribution in [3.05, 3.63) is 12.2 Å². The fourth-order valence-corrected chi connectivity index (χ4v) is 7.87. The number of esters is 1. The van der Waals surface area contributed by atoms with Crippen LogP contribution in [0.5, 0.6) is 0 Å². The van der Waals surface area contributed by atoms with Crippen LogP contribution in [0.25, 0.3) is 0 Å². The average molecular weight is 806 g/mol. The van der Waals surface area contributed by atoms with Crippen LogP contribution >= 0.6 is 0 Å². The van der Waals surface area contributed by atoms with Crippen molar-refractivity contribution in [2.45, 2.75) is 289 Å². The molecule has 0 spiro atoms. The van der Waals surface area contributed by atoms with E-state index in [2.05, 4.69) is 19.2 Å². The van der Waals surface area contributed by atoms with Gasteiger partial charge in [-0.2, -0.15) is 0 Å². The van der Waals surface area contributed by atoms with E-state index in [9.17, 15) is 19.8 Å². The summed E-state index contributed by atoms with van der Waals surface area (Å²) in [6.45, 7) is 4.85. The Hall–Kier alpha value is -1.40. The van der Waals surface area contributed by atoms with Gasteiger partial charge in [-0.05, 0) is 32.1 Å². The first-order valence-corrected chi connectivity index (χ1v) is 25.5. The molecule has 2 unspecified atom stereocenters. The molecule has 0 aromatic rings. The van der Waals surface area contributed by atoms with Crippen LogP contribution in [-0.2, 0) is 14.3 Å². The van der Waals surface area contributed by atoms with E-state index in [1.807, 2.05) is 6.08 Å². The number of hydrogen-bond acceptors (Lipinski definition) is 5. The zero-order valence-electron chi connectivity index (χ0n) is 38.3. The van der Waals surface area contributed by atoms with E-state index < -0.39 is 12.1 Å². The Kier molecular flexibility index (Phi) is 46.1. The Balaban J connectivity index is 3.47. The van der Waals surface area contributed by atoms with E-state index in [0.717, 1.165) is 57.8 Å². The highest BCUT2D eigenvalue weighted by molar-refractivity contribution is 5.76. The maximum Gasteiger partial charge on any atom is 0.305 e. The summed E-state index contributed by atoms with van der Waals surface area (Å²) >= 11 is 0. The molecule has 0 heterocycles. The fourth-order valence-electron chi connectivity index (χ4n) is 7.87. The highest BCUT2D eigenvalue weighted by Crippen LogP contribution is 2.16. The summed E-state index contributed by atoms with van der Waals surface area (Å²) < 4.78 is 5.46. The first-order chi connectivity index (χ1) is 28.0. The van der Waals surface area contributed by atoms with Crippen molar-refractivity contribution in [1.29, 1.82) is 0 Å². The van der Waals surface area contributed by atoms with Gasteiger partial charge in [0.05, 0.1) is 25.4 Å². The van der Waals surface area contributed by atoms with E-state index in [1.165, 1.54) is 193 Å². The molecule has 1 amide bonds. The predicted molar refractivity (Wildman–Crippen MR) is 246 cm³/mol. The lowest BCUT2D eigenvalue weighted by Crippen LogP contribution is -2.45. The Labute approximate surface area is 355 Å². The van der Waals surface area contributed by atoms with Crippen LogP contribution < -0.4 is 5.32 Å². The molecule has 57 heavy (non-hydrogen) atoms. The van der Waals surface area contributed by atoms with E-state index in [4.69, 9.17) is 4.74 Å². The van der Waals surface area contributed by atoms with Gasteiger partial charge in [-0.15, -0.1) is 0 Å². The van der Waals surface area contributed by atoms with Gasteiger partial charge in [-0.25, -0.2) is 0 Å². The number of hydrogen-bond donors (Lipinski definition) is 3. The molecule has 0 aliphatic rings. The lowest BCUT2D eigenvalue weighted by atomic mass is 10.0. The van der Waals surface area contributed by atoms with Crippen molar-refractivity contribution in [3.63, 3.8) is 0 Å². The smallest absolute Gasteiger partial charge is 0.305 e. The molecule has 0 rings (SSSR count). The van der Waals surface area contributed by atoms with Crippen molar-refractivity contribution in [1.82, 2.24) is 5.32 Å². The molecule has 0 saturated carbocycles. The van der Waals surface area contributed by atoms with Crippen molar-refractivity contribution in [3.8, 4) is 0 Å². The Bertz CT molecular complexity index is 847. The third-order valence-corrected chi connectivity index (χ3v) is 11.8. The Morgan fingerprint density at radius 2 is 0.807 bits per heavy atom. The molecule has 6 nitrogen and oxygen atoms in total. The Morgan fingerprint density at radius 3 is 1.19 bits per heavy atom. The summed E-state index contributed by atoms with van der Waals surface area (Å²) in [6.07, 6.45) is 53.5. The second kappa shape index (κ2) is 47.3. The minimum Gasteiger partial charge on any atom is -0.466 e. The van der Waals surface area contributed by atoms with Gasteiger partial charge in [0.2, 0.25) is 5.91 Å². The summed E-state index contributed by atoms with van der Waals surface area (Å²) in [5, 5.41) is 23.0. The summed E-state index contributed by atoms with van der Waals surface area (Å²) in [6, 6.07) is -0.642. The number of aliphatic hydroxyl groups excluding tert-OH is 2. The van der Waals surface area contributed by atoms with E-state index in [-0.39, 0.29) is 18.5 Å². The summed E-state index contributed by atoms with van der Waals surface area (Å²) in [4.78, 5) is 24.5. The third kappa shape index (κ3) is 44.0. The minimum atomic E-state index is -0.856. The molecular formula is C51H99NO5. The Morgan fingerprint density at radius 1 is 0.474 bits per heavy atom. The van der Waals surface area contributed by atoms with Crippen molar-refractivity contribution < 1.29 is 24.5 Å². The van der Waals surface area contributed by atoms with Crippen LogP contribution in [0.15, 0.2) is 12.2 Å². The first kappa shape index (κ1) is 55.6. The van der Waals surface area contributed by atoms with Gasteiger partial charge >= 0.3 is 5.97 Å². The van der Waals surface area contributed by atoms with Gasteiger partial charge in [0, 0.05) is 12.8 Å². The predicted octanol–water partition coefficient (Wildman–Crippen LogP) is 15.0. The van der Waals surface area contributed by atoms with Gasteiger partial charge in [0.25, 0.3) is 0 Å². The number of allylic oxidation sites excluding steroid dienone is 1. The molecule has 0 aromatic carbocycles. The summed E-state index contributed by atoms with van der Waals surface area (Å²) in [5.41, 5.74) is 0. The van der Waals surface area contributed by atoms with Crippen LogP contribution in [0, 0.1) is 0 Å². The number of carbonyl (C=O) groups excluding carboxylic acids is 2. The SMILES string of the molecule is CCCCCCCCCCCCC/C=C/C(O)C(CO)NC(=O)CCCCCCCCCCCCOC(=O)CCCCCCCCCCCCCCCCCCC. The van der Waals surface area contributed by atoms with E-state index in [0.29, 0.717) is 19.4 Å². The maximum atomic E-state index is 12.4. The highest BCUT2D eigenvalue weighted by atomic mass is 16.5. The molecular weight excluding hydrogens is 707 g/mol. The van der Waals surface area contributed by atoms with Gasteiger partial charge < -0.3 is 20.3 Å². The zero-order chi connectivity index (χ0) is 41.5. The summed E-state index contributed by atoms with van der Waals surface area (Å²) in [7, 11) is 0.